The summed E-state index contributed by atoms with van der Waals surface area (Å²) in [4.78, 5) is 29.2. The Kier molecular flexibility index (Phi) is 5.33. The van der Waals surface area contributed by atoms with E-state index in [-0.39, 0.29) is 11.7 Å². The molecular weight excluding hydrogens is 380 g/mol. The van der Waals surface area contributed by atoms with Crippen molar-refractivity contribution in [3.05, 3.63) is 72.2 Å². The molecule has 0 unspecified atom stereocenters. The van der Waals surface area contributed by atoms with Crippen molar-refractivity contribution in [2.75, 3.05) is 23.4 Å². The van der Waals surface area contributed by atoms with Crippen molar-refractivity contribution < 1.29 is 4.79 Å². The number of hydrogen-bond acceptors (Lipinski definition) is 8. The molecule has 0 atom stereocenters. The Balaban J connectivity index is 1.53. The Morgan fingerprint density at radius 3 is 2.73 bits per heavy atom. The van der Waals surface area contributed by atoms with Gasteiger partial charge in [0.25, 0.3) is 5.91 Å². The second-order valence-electron chi connectivity index (χ2n) is 6.48. The van der Waals surface area contributed by atoms with Crippen LogP contribution in [0.1, 0.15) is 15.9 Å². The lowest BCUT2D eigenvalue weighted by molar-refractivity contribution is 0.0963. The van der Waals surface area contributed by atoms with E-state index in [2.05, 4.69) is 42.0 Å². The highest BCUT2D eigenvalue weighted by Crippen LogP contribution is 2.21. The quantitative estimate of drug-likeness (QED) is 0.389. The first-order valence-electron chi connectivity index (χ1n) is 9.28. The number of nitrogens with one attached hydrogen (secondary N) is 3. The molecule has 30 heavy (non-hydrogen) atoms. The summed E-state index contributed by atoms with van der Waals surface area (Å²) in [6.07, 6.45) is 4.85. The van der Waals surface area contributed by atoms with Gasteiger partial charge in [0.15, 0.2) is 17.5 Å². The molecule has 9 nitrogen and oxygen atoms in total. The minimum atomic E-state index is -0.252. The molecule has 9 heteroatoms. The van der Waals surface area contributed by atoms with Crippen molar-refractivity contribution >= 4 is 40.1 Å². The SMILES string of the molecule is CNC(=O)c1cccnc1Nc1cnc(N)c(NCc2ccc3ncccc3c2)n1. The van der Waals surface area contributed by atoms with Gasteiger partial charge in [-0.2, -0.15) is 0 Å². The van der Waals surface area contributed by atoms with Crippen molar-refractivity contribution in [1.29, 1.82) is 0 Å². The molecule has 4 aromatic rings. The van der Waals surface area contributed by atoms with Crippen LogP contribution in [0.15, 0.2) is 61.1 Å². The molecule has 0 bridgehead atoms. The van der Waals surface area contributed by atoms with E-state index in [1.807, 2.05) is 24.3 Å². The predicted molar refractivity (Wildman–Crippen MR) is 116 cm³/mol. The van der Waals surface area contributed by atoms with Gasteiger partial charge in [0.05, 0.1) is 17.3 Å². The molecule has 1 amide bonds. The van der Waals surface area contributed by atoms with E-state index < -0.39 is 0 Å². The van der Waals surface area contributed by atoms with Crippen LogP contribution in [0.4, 0.5) is 23.3 Å². The monoisotopic (exact) mass is 400 g/mol. The third-order valence-electron chi connectivity index (χ3n) is 4.45. The standard InChI is InChI=1S/C21H20N8O/c1-23-21(30)15-5-3-9-25-19(15)28-17-12-26-18(22)20(29-17)27-11-13-6-7-16-14(10-13)4-2-8-24-16/h2-10,12H,11H2,1H3,(H2,22,26)(H,23,30)(H2,25,27,28,29). The van der Waals surface area contributed by atoms with Crippen LogP contribution in [0.2, 0.25) is 0 Å². The Labute approximate surface area is 172 Å². The normalized spacial score (nSPS) is 10.6. The van der Waals surface area contributed by atoms with E-state index >= 15 is 0 Å². The molecular formula is C21H20N8O. The number of aromatic nitrogens is 4. The van der Waals surface area contributed by atoms with Crippen LogP contribution in [0, 0.1) is 0 Å². The van der Waals surface area contributed by atoms with Crippen LogP contribution in [-0.4, -0.2) is 32.9 Å². The number of carbonyl (C=O) groups excluding carboxylic acids is 1. The van der Waals surface area contributed by atoms with E-state index in [0.717, 1.165) is 16.5 Å². The molecule has 1 aromatic carbocycles. The summed E-state index contributed by atoms with van der Waals surface area (Å²) < 4.78 is 0. The van der Waals surface area contributed by atoms with Crippen LogP contribution >= 0.6 is 0 Å². The van der Waals surface area contributed by atoms with Gasteiger partial charge in [-0.25, -0.2) is 15.0 Å². The molecule has 0 fully saturated rings. The molecule has 3 heterocycles. The Hall–Kier alpha value is -4.27. The van der Waals surface area contributed by atoms with Gasteiger partial charge in [-0.15, -0.1) is 0 Å². The second kappa shape index (κ2) is 8.39. The van der Waals surface area contributed by atoms with E-state index in [9.17, 15) is 4.79 Å². The van der Waals surface area contributed by atoms with E-state index in [1.54, 1.807) is 31.6 Å². The van der Waals surface area contributed by atoms with E-state index in [4.69, 9.17) is 5.73 Å². The molecule has 0 aliphatic heterocycles. The van der Waals surface area contributed by atoms with Gasteiger partial charge in [0.2, 0.25) is 0 Å². The Morgan fingerprint density at radius 2 is 1.87 bits per heavy atom. The van der Waals surface area contributed by atoms with Gasteiger partial charge < -0.3 is 21.7 Å². The van der Waals surface area contributed by atoms with Gasteiger partial charge in [-0.1, -0.05) is 12.1 Å². The van der Waals surface area contributed by atoms with Crippen molar-refractivity contribution in [3.8, 4) is 0 Å². The average Bonchev–Trinajstić information content (AvgIpc) is 2.79. The van der Waals surface area contributed by atoms with Crippen LogP contribution in [0.25, 0.3) is 10.9 Å². The number of pyridine rings is 2. The summed E-state index contributed by atoms with van der Waals surface area (Å²) in [5, 5.41) is 9.88. The third-order valence-corrected chi connectivity index (χ3v) is 4.45. The molecule has 150 valence electrons. The van der Waals surface area contributed by atoms with Crippen LogP contribution < -0.4 is 21.7 Å². The summed E-state index contributed by atoms with van der Waals surface area (Å²) in [5.41, 5.74) is 8.38. The zero-order valence-electron chi connectivity index (χ0n) is 16.3. The first-order chi connectivity index (χ1) is 14.6. The van der Waals surface area contributed by atoms with Gasteiger partial charge >= 0.3 is 0 Å². The van der Waals surface area contributed by atoms with Gasteiger partial charge in [0.1, 0.15) is 5.82 Å². The molecule has 0 spiro atoms. The number of carbonyl (C=O) groups is 1. The van der Waals surface area contributed by atoms with Gasteiger partial charge in [0, 0.05) is 31.4 Å². The second-order valence-corrected chi connectivity index (χ2v) is 6.48. The number of nitrogen functional groups attached to an aromatic ring is 1. The number of fused-ring (bicyclic) bond motifs is 1. The molecule has 0 aliphatic carbocycles. The summed E-state index contributed by atoms with van der Waals surface area (Å²) in [7, 11) is 1.56. The predicted octanol–water partition coefficient (Wildman–Crippen LogP) is 2.72. The third kappa shape index (κ3) is 4.09. The lowest BCUT2D eigenvalue weighted by Crippen LogP contribution is -2.19. The van der Waals surface area contributed by atoms with Crippen LogP contribution in [0.5, 0.6) is 0 Å². The van der Waals surface area contributed by atoms with E-state index in [1.165, 1.54) is 6.20 Å². The number of nitrogens with two attached hydrogens (primary N) is 1. The Bertz CT molecular complexity index is 1210. The lowest BCUT2D eigenvalue weighted by Gasteiger charge is -2.12. The molecule has 0 saturated heterocycles. The van der Waals surface area contributed by atoms with Crippen molar-refractivity contribution in [2.24, 2.45) is 0 Å². The number of rotatable bonds is 6. The number of anilines is 4. The maximum atomic E-state index is 12.0. The fraction of sp³-hybridized carbons (Fsp3) is 0.0952. The van der Waals surface area contributed by atoms with E-state index in [0.29, 0.717) is 29.6 Å². The van der Waals surface area contributed by atoms with Crippen molar-refractivity contribution in [1.82, 2.24) is 25.3 Å². The average molecular weight is 400 g/mol. The Morgan fingerprint density at radius 1 is 1.03 bits per heavy atom. The number of nitrogens with zero attached hydrogens (tertiary/aromatic N) is 4. The van der Waals surface area contributed by atoms with Gasteiger partial charge in [-0.05, 0) is 35.9 Å². The highest BCUT2D eigenvalue weighted by atomic mass is 16.1. The maximum Gasteiger partial charge on any atom is 0.254 e. The summed E-state index contributed by atoms with van der Waals surface area (Å²) >= 11 is 0. The zero-order chi connectivity index (χ0) is 20.9. The fourth-order valence-electron chi connectivity index (χ4n) is 2.95. The minimum absolute atomic E-state index is 0.252. The summed E-state index contributed by atoms with van der Waals surface area (Å²) in [6, 6.07) is 13.3. The molecule has 5 N–H and O–H groups in total. The fourth-order valence-corrected chi connectivity index (χ4v) is 2.95. The minimum Gasteiger partial charge on any atom is -0.381 e. The number of hydrogen-bond donors (Lipinski definition) is 4. The topological polar surface area (TPSA) is 131 Å². The molecule has 0 saturated carbocycles. The number of benzene rings is 1. The summed E-state index contributed by atoms with van der Waals surface area (Å²) in [5.74, 6) is 1.25. The first-order valence-corrected chi connectivity index (χ1v) is 9.28. The smallest absolute Gasteiger partial charge is 0.254 e. The van der Waals surface area contributed by atoms with Gasteiger partial charge in [-0.3, -0.25) is 9.78 Å². The maximum absolute atomic E-state index is 12.0. The van der Waals surface area contributed by atoms with Crippen molar-refractivity contribution in [2.45, 2.75) is 6.54 Å². The largest absolute Gasteiger partial charge is 0.381 e. The first kappa shape index (κ1) is 19.1. The molecule has 0 aliphatic rings. The van der Waals surface area contributed by atoms with Crippen LogP contribution in [0.3, 0.4) is 0 Å². The zero-order valence-corrected chi connectivity index (χ0v) is 16.3. The molecule has 4 rings (SSSR count). The molecule has 0 radical (unpaired) electrons. The molecule has 3 aromatic heterocycles. The lowest BCUT2D eigenvalue weighted by atomic mass is 10.1. The van der Waals surface area contributed by atoms with Crippen LogP contribution in [-0.2, 0) is 6.54 Å². The summed E-state index contributed by atoms with van der Waals surface area (Å²) in [6.45, 7) is 0.514. The van der Waals surface area contributed by atoms with Crippen molar-refractivity contribution in [3.63, 3.8) is 0 Å². The number of amides is 1. The highest BCUT2D eigenvalue weighted by Gasteiger charge is 2.12. The highest BCUT2D eigenvalue weighted by molar-refractivity contribution is 5.99.